The maximum Gasteiger partial charge on any atom is 0.247 e. The second-order valence-corrected chi connectivity index (χ2v) is 7.47. The third kappa shape index (κ3) is 2.04. The summed E-state index contributed by atoms with van der Waals surface area (Å²) in [4.78, 5) is 17.8. The van der Waals surface area contributed by atoms with Gasteiger partial charge in [-0.3, -0.25) is 9.69 Å². The molecule has 3 nitrogen and oxygen atoms in total. The number of halogens is 1. The number of carbonyl (C=O) groups is 1. The van der Waals surface area contributed by atoms with Crippen molar-refractivity contribution in [2.24, 2.45) is 5.92 Å². The molecule has 0 unspecified atom stereocenters. The van der Waals surface area contributed by atoms with Crippen molar-refractivity contribution in [3.05, 3.63) is 66.0 Å². The van der Waals surface area contributed by atoms with Gasteiger partial charge in [-0.1, -0.05) is 30.3 Å². The zero-order chi connectivity index (χ0) is 17.0. The Kier molecular flexibility index (Phi) is 3.26. The lowest BCUT2D eigenvalue weighted by molar-refractivity contribution is -0.126. The van der Waals surface area contributed by atoms with Crippen LogP contribution in [0.5, 0.6) is 0 Å². The van der Waals surface area contributed by atoms with E-state index in [9.17, 15) is 9.18 Å². The molecular weight excluding hydrogens is 315 g/mol. The number of amides is 1. The molecule has 25 heavy (non-hydrogen) atoms. The molecule has 3 aliphatic heterocycles. The lowest BCUT2D eigenvalue weighted by atomic mass is 9.85. The summed E-state index contributed by atoms with van der Waals surface area (Å²) in [5.41, 5.74) is 1.78. The topological polar surface area (TPSA) is 23.6 Å². The minimum Gasteiger partial charge on any atom is -0.310 e. The molecule has 3 fully saturated rings. The molecule has 0 saturated carbocycles. The van der Waals surface area contributed by atoms with Crippen LogP contribution in [0.15, 0.2) is 54.6 Å². The summed E-state index contributed by atoms with van der Waals surface area (Å²) >= 11 is 0. The summed E-state index contributed by atoms with van der Waals surface area (Å²) in [7, 11) is 0. The van der Waals surface area contributed by atoms with Gasteiger partial charge in [0.25, 0.3) is 0 Å². The van der Waals surface area contributed by atoms with Crippen LogP contribution in [-0.2, 0) is 4.79 Å². The second kappa shape index (κ2) is 5.40. The lowest BCUT2D eigenvalue weighted by Crippen LogP contribution is -2.49. The number of rotatable bonds is 2. The Bertz CT molecular complexity index is 806. The Hall–Kier alpha value is -2.20. The third-order valence-electron chi connectivity index (χ3n) is 6.37. The van der Waals surface area contributed by atoms with Crippen molar-refractivity contribution in [3.8, 4) is 0 Å². The highest BCUT2D eigenvalue weighted by Crippen LogP contribution is 2.56. The molecule has 2 aromatic rings. The van der Waals surface area contributed by atoms with Crippen molar-refractivity contribution in [3.63, 3.8) is 0 Å². The number of anilines is 1. The van der Waals surface area contributed by atoms with Crippen molar-refractivity contribution in [1.82, 2.24) is 4.90 Å². The number of nitrogens with zero attached hydrogens (tertiary/aromatic N) is 2. The van der Waals surface area contributed by atoms with Crippen LogP contribution < -0.4 is 4.90 Å². The molecule has 128 valence electrons. The van der Waals surface area contributed by atoms with Crippen LogP contribution in [-0.4, -0.2) is 29.4 Å². The highest BCUT2D eigenvalue weighted by atomic mass is 19.1. The average molecular weight is 336 g/mol. The van der Waals surface area contributed by atoms with Gasteiger partial charge in [-0.15, -0.1) is 0 Å². The largest absolute Gasteiger partial charge is 0.310 e. The van der Waals surface area contributed by atoms with E-state index in [4.69, 9.17) is 0 Å². The molecule has 3 saturated heterocycles. The number of hydrogen-bond acceptors (Lipinski definition) is 2. The predicted octanol–water partition coefficient (Wildman–Crippen LogP) is 3.77. The third-order valence-corrected chi connectivity index (χ3v) is 6.37. The molecule has 1 amide bonds. The van der Waals surface area contributed by atoms with E-state index in [1.54, 1.807) is 0 Å². The van der Waals surface area contributed by atoms with Gasteiger partial charge in [0.05, 0.1) is 0 Å². The SMILES string of the molecule is O=C1N(c2ccccc2)C[C@@H]2C[C@@H](c3ccc(F)cc3)N3CCC[C@@]123. The van der Waals surface area contributed by atoms with E-state index in [0.717, 1.165) is 43.6 Å². The molecule has 2 aromatic carbocycles. The minimum absolute atomic E-state index is 0.204. The van der Waals surface area contributed by atoms with Gasteiger partial charge in [-0.2, -0.15) is 0 Å². The molecule has 4 heteroatoms. The van der Waals surface area contributed by atoms with Crippen molar-refractivity contribution in [2.45, 2.75) is 30.8 Å². The quantitative estimate of drug-likeness (QED) is 0.833. The van der Waals surface area contributed by atoms with Crippen LogP contribution in [0.25, 0.3) is 0 Å². The molecule has 0 aliphatic carbocycles. The zero-order valence-electron chi connectivity index (χ0n) is 14.1. The van der Waals surface area contributed by atoms with Crippen LogP contribution in [0, 0.1) is 11.7 Å². The van der Waals surface area contributed by atoms with E-state index in [1.807, 2.05) is 47.4 Å². The minimum atomic E-state index is -0.352. The van der Waals surface area contributed by atoms with Gasteiger partial charge in [0.15, 0.2) is 0 Å². The van der Waals surface area contributed by atoms with Crippen LogP contribution in [0.3, 0.4) is 0 Å². The first-order valence-corrected chi connectivity index (χ1v) is 9.09. The lowest BCUT2D eigenvalue weighted by Gasteiger charge is -2.33. The van der Waals surface area contributed by atoms with Crippen molar-refractivity contribution >= 4 is 11.6 Å². The van der Waals surface area contributed by atoms with Crippen LogP contribution in [0.4, 0.5) is 10.1 Å². The summed E-state index contributed by atoms with van der Waals surface area (Å²) < 4.78 is 13.3. The highest BCUT2D eigenvalue weighted by molar-refractivity contribution is 6.03. The fourth-order valence-electron chi connectivity index (χ4n) is 5.32. The molecule has 0 N–H and O–H groups in total. The summed E-state index contributed by atoms with van der Waals surface area (Å²) in [6.07, 6.45) is 2.97. The zero-order valence-corrected chi connectivity index (χ0v) is 14.1. The summed E-state index contributed by atoms with van der Waals surface area (Å²) in [6.45, 7) is 1.74. The van der Waals surface area contributed by atoms with E-state index < -0.39 is 0 Å². The van der Waals surface area contributed by atoms with E-state index in [0.29, 0.717) is 5.92 Å². The van der Waals surface area contributed by atoms with Crippen LogP contribution >= 0.6 is 0 Å². The Morgan fingerprint density at radius 3 is 2.56 bits per heavy atom. The Balaban J connectivity index is 1.50. The summed E-state index contributed by atoms with van der Waals surface area (Å²) in [6, 6.07) is 17.1. The molecule has 3 atom stereocenters. The van der Waals surface area contributed by atoms with E-state index in [2.05, 4.69) is 4.90 Å². The predicted molar refractivity (Wildman–Crippen MR) is 94.7 cm³/mol. The van der Waals surface area contributed by atoms with Crippen molar-refractivity contribution < 1.29 is 9.18 Å². The van der Waals surface area contributed by atoms with E-state index >= 15 is 0 Å². The van der Waals surface area contributed by atoms with Gasteiger partial charge in [0, 0.05) is 24.2 Å². The summed E-state index contributed by atoms with van der Waals surface area (Å²) in [5.74, 6) is 0.396. The Labute approximate surface area is 147 Å². The molecule has 3 heterocycles. The first kappa shape index (κ1) is 15.1. The molecule has 0 radical (unpaired) electrons. The van der Waals surface area contributed by atoms with Crippen molar-refractivity contribution in [1.29, 1.82) is 0 Å². The highest BCUT2D eigenvalue weighted by Gasteiger charge is 2.65. The number of para-hydroxylation sites is 1. The number of hydrogen-bond donors (Lipinski definition) is 0. The second-order valence-electron chi connectivity index (χ2n) is 7.47. The Morgan fingerprint density at radius 1 is 1.04 bits per heavy atom. The van der Waals surface area contributed by atoms with Gasteiger partial charge in [-0.05, 0) is 55.6 Å². The molecular formula is C21H21FN2O. The van der Waals surface area contributed by atoms with E-state index in [1.165, 1.54) is 12.1 Å². The fraction of sp³-hybridized carbons (Fsp3) is 0.381. The monoisotopic (exact) mass is 336 g/mol. The average Bonchev–Trinajstić information content (AvgIpc) is 3.27. The van der Waals surface area contributed by atoms with Crippen molar-refractivity contribution in [2.75, 3.05) is 18.0 Å². The molecule has 0 bridgehead atoms. The van der Waals surface area contributed by atoms with Crippen LogP contribution in [0.2, 0.25) is 0 Å². The summed E-state index contributed by atoms with van der Waals surface area (Å²) in [5, 5.41) is 0. The van der Waals surface area contributed by atoms with Gasteiger partial charge >= 0.3 is 0 Å². The van der Waals surface area contributed by atoms with Gasteiger partial charge in [0.2, 0.25) is 5.91 Å². The number of carbonyl (C=O) groups excluding carboxylic acids is 1. The van der Waals surface area contributed by atoms with E-state index in [-0.39, 0.29) is 23.3 Å². The fourth-order valence-corrected chi connectivity index (χ4v) is 5.32. The molecule has 3 aliphatic rings. The standard InChI is InChI=1S/C21H21FN2O/c22-17-9-7-15(8-10-17)19-13-16-14-23(18-5-2-1-3-6-18)20(25)21(16)11-4-12-24(19)21/h1-3,5-10,16,19H,4,11-14H2/t16-,19-,21-/m0/s1. The molecule has 5 rings (SSSR count). The number of benzene rings is 2. The normalized spacial score (nSPS) is 31.4. The molecule has 0 aromatic heterocycles. The van der Waals surface area contributed by atoms with Gasteiger partial charge < -0.3 is 4.90 Å². The Morgan fingerprint density at radius 2 is 1.80 bits per heavy atom. The smallest absolute Gasteiger partial charge is 0.247 e. The van der Waals surface area contributed by atoms with Gasteiger partial charge in [0.1, 0.15) is 11.4 Å². The maximum atomic E-state index is 13.4. The molecule has 1 spiro atoms. The first-order chi connectivity index (χ1) is 12.2. The maximum absolute atomic E-state index is 13.4. The first-order valence-electron chi connectivity index (χ1n) is 9.09. The van der Waals surface area contributed by atoms with Crippen LogP contribution in [0.1, 0.15) is 30.9 Å². The van der Waals surface area contributed by atoms with Gasteiger partial charge in [-0.25, -0.2) is 4.39 Å².